The van der Waals surface area contributed by atoms with Crippen molar-refractivity contribution in [3.8, 4) is 5.75 Å². The van der Waals surface area contributed by atoms with Crippen LogP contribution < -0.4 is 10.1 Å². The summed E-state index contributed by atoms with van der Waals surface area (Å²) in [6.07, 6.45) is 0.541. The zero-order chi connectivity index (χ0) is 17.0. The Balaban J connectivity index is 2.29. The highest BCUT2D eigenvalue weighted by Gasteiger charge is 2.17. The van der Waals surface area contributed by atoms with Gasteiger partial charge in [-0.2, -0.15) is 0 Å². The first-order chi connectivity index (χ1) is 11.0. The molecule has 6 nitrogen and oxygen atoms in total. The normalized spacial score (nSPS) is 11.6. The van der Waals surface area contributed by atoms with Gasteiger partial charge in [-0.3, -0.25) is 14.9 Å². The second kappa shape index (κ2) is 6.87. The summed E-state index contributed by atoms with van der Waals surface area (Å²) in [5, 5.41) is 14.1. The lowest BCUT2D eigenvalue weighted by molar-refractivity contribution is -0.384. The number of nitrogens with zero attached hydrogens (tertiary/aromatic N) is 1. The standard InChI is InChI=1S/C16H15FN2O4/c1-10(12-4-6-16(23-2)13(17)8-12)18-14-5-3-11(9-20)7-15(14)19(21)22/h3-10,18H,1-2H3/t10-/m1/s1. The molecule has 0 fully saturated rings. The van der Waals surface area contributed by atoms with Gasteiger partial charge in [0.05, 0.1) is 12.0 Å². The summed E-state index contributed by atoms with van der Waals surface area (Å²) in [4.78, 5) is 21.3. The monoisotopic (exact) mass is 318 g/mol. The third-order valence-corrected chi connectivity index (χ3v) is 3.40. The summed E-state index contributed by atoms with van der Waals surface area (Å²) in [6, 6.07) is 8.22. The summed E-state index contributed by atoms with van der Waals surface area (Å²) >= 11 is 0. The van der Waals surface area contributed by atoms with Crippen molar-refractivity contribution in [2.75, 3.05) is 12.4 Å². The number of nitro groups is 1. The average Bonchev–Trinajstić information content (AvgIpc) is 2.54. The van der Waals surface area contributed by atoms with Gasteiger partial charge in [-0.15, -0.1) is 0 Å². The molecular formula is C16H15FN2O4. The number of methoxy groups -OCH3 is 1. The number of hydrogen-bond acceptors (Lipinski definition) is 5. The molecule has 0 unspecified atom stereocenters. The number of rotatable bonds is 6. The Bertz CT molecular complexity index is 749. The minimum absolute atomic E-state index is 0.127. The van der Waals surface area contributed by atoms with E-state index in [0.29, 0.717) is 11.8 Å². The van der Waals surface area contributed by atoms with Crippen LogP contribution in [0.3, 0.4) is 0 Å². The Morgan fingerprint density at radius 3 is 2.61 bits per heavy atom. The van der Waals surface area contributed by atoms with Gasteiger partial charge in [-0.25, -0.2) is 4.39 Å². The topological polar surface area (TPSA) is 81.5 Å². The highest BCUT2D eigenvalue weighted by molar-refractivity contribution is 5.79. The maximum absolute atomic E-state index is 13.8. The fourth-order valence-corrected chi connectivity index (χ4v) is 2.16. The van der Waals surface area contributed by atoms with Crippen LogP contribution in [0.15, 0.2) is 36.4 Å². The van der Waals surface area contributed by atoms with Gasteiger partial charge < -0.3 is 10.1 Å². The molecule has 0 aliphatic rings. The zero-order valence-corrected chi connectivity index (χ0v) is 12.6. The van der Waals surface area contributed by atoms with Crippen molar-refractivity contribution in [2.24, 2.45) is 0 Å². The van der Waals surface area contributed by atoms with Gasteiger partial charge in [0.1, 0.15) is 12.0 Å². The first-order valence-electron chi connectivity index (χ1n) is 6.80. The van der Waals surface area contributed by atoms with E-state index in [1.807, 2.05) is 0 Å². The molecule has 2 aromatic carbocycles. The van der Waals surface area contributed by atoms with Gasteiger partial charge in [-0.05, 0) is 36.8 Å². The van der Waals surface area contributed by atoms with E-state index < -0.39 is 10.7 Å². The minimum Gasteiger partial charge on any atom is -0.494 e. The molecule has 0 amide bonds. The summed E-state index contributed by atoms with van der Waals surface area (Å²) in [5.74, 6) is -0.383. The predicted octanol–water partition coefficient (Wildman–Crippen LogP) is 3.73. The fourth-order valence-electron chi connectivity index (χ4n) is 2.16. The van der Waals surface area contributed by atoms with Crippen molar-refractivity contribution in [3.05, 3.63) is 63.5 Å². The van der Waals surface area contributed by atoms with Crippen molar-refractivity contribution in [2.45, 2.75) is 13.0 Å². The molecular weight excluding hydrogens is 303 g/mol. The minimum atomic E-state index is -0.573. The van der Waals surface area contributed by atoms with Gasteiger partial charge in [0, 0.05) is 17.7 Å². The molecule has 0 aliphatic heterocycles. The van der Waals surface area contributed by atoms with Crippen LogP contribution in [0.25, 0.3) is 0 Å². The first kappa shape index (κ1) is 16.4. The zero-order valence-electron chi connectivity index (χ0n) is 12.6. The predicted molar refractivity (Wildman–Crippen MR) is 83.5 cm³/mol. The van der Waals surface area contributed by atoms with Crippen molar-refractivity contribution < 1.29 is 18.8 Å². The lowest BCUT2D eigenvalue weighted by Gasteiger charge is -2.16. The summed E-state index contributed by atoms with van der Waals surface area (Å²) < 4.78 is 18.6. The first-order valence-corrected chi connectivity index (χ1v) is 6.80. The molecule has 2 aromatic rings. The van der Waals surface area contributed by atoms with Crippen LogP contribution in [0.5, 0.6) is 5.75 Å². The van der Waals surface area contributed by atoms with Crippen molar-refractivity contribution in [3.63, 3.8) is 0 Å². The number of benzene rings is 2. The van der Waals surface area contributed by atoms with Crippen LogP contribution in [0, 0.1) is 15.9 Å². The number of hydrogen-bond donors (Lipinski definition) is 1. The third kappa shape index (κ3) is 3.63. The molecule has 0 aliphatic carbocycles. The van der Waals surface area contributed by atoms with Gasteiger partial charge in [0.15, 0.2) is 11.6 Å². The molecule has 1 N–H and O–H groups in total. The van der Waals surface area contributed by atoms with Crippen LogP contribution in [0.2, 0.25) is 0 Å². The smallest absolute Gasteiger partial charge is 0.293 e. The van der Waals surface area contributed by atoms with Crippen LogP contribution in [0.4, 0.5) is 15.8 Å². The van der Waals surface area contributed by atoms with Crippen LogP contribution >= 0.6 is 0 Å². The van der Waals surface area contributed by atoms with E-state index in [-0.39, 0.29) is 28.7 Å². The maximum Gasteiger partial charge on any atom is 0.293 e. The van der Waals surface area contributed by atoms with Gasteiger partial charge in [-0.1, -0.05) is 6.07 Å². The number of carbonyl (C=O) groups is 1. The van der Waals surface area contributed by atoms with E-state index in [1.165, 1.54) is 37.4 Å². The number of aldehydes is 1. The van der Waals surface area contributed by atoms with E-state index in [2.05, 4.69) is 5.32 Å². The lowest BCUT2D eigenvalue weighted by atomic mass is 10.1. The molecule has 0 spiro atoms. The van der Waals surface area contributed by atoms with E-state index >= 15 is 0 Å². The largest absolute Gasteiger partial charge is 0.494 e. The van der Waals surface area contributed by atoms with Crippen molar-refractivity contribution in [1.29, 1.82) is 0 Å². The molecule has 0 saturated carbocycles. The molecule has 0 heterocycles. The van der Waals surface area contributed by atoms with Gasteiger partial charge >= 0.3 is 0 Å². The Kier molecular flexibility index (Phi) is 4.90. The number of ether oxygens (including phenoxy) is 1. The highest BCUT2D eigenvalue weighted by atomic mass is 19.1. The molecule has 23 heavy (non-hydrogen) atoms. The second-order valence-electron chi connectivity index (χ2n) is 4.91. The Morgan fingerprint density at radius 1 is 1.30 bits per heavy atom. The fraction of sp³-hybridized carbons (Fsp3) is 0.188. The van der Waals surface area contributed by atoms with E-state index in [9.17, 15) is 19.3 Å². The highest BCUT2D eigenvalue weighted by Crippen LogP contribution is 2.30. The summed E-state index contributed by atoms with van der Waals surface area (Å²) in [6.45, 7) is 1.75. The molecule has 0 bridgehead atoms. The number of halogens is 1. The Hall–Kier alpha value is -2.96. The Morgan fingerprint density at radius 2 is 2.04 bits per heavy atom. The molecule has 120 valence electrons. The number of anilines is 1. The van der Waals surface area contributed by atoms with Gasteiger partial charge in [0.2, 0.25) is 0 Å². The average molecular weight is 318 g/mol. The second-order valence-corrected chi connectivity index (χ2v) is 4.91. The lowest BCUT2D eigenvalue weighted by Crippen LogP contribution is -2.09. The van der Waals surface area contributed by atoms with E-state index in [1.54, 1.807) is 13.0 Å². The molecule has 0 aromatic heterocycles. The van der Waals surface area contributed by atoms with Crippen LogP contribution in [-0.4, -0.2) is 18.3 Å². The van der Waals surface area contributed by atoms with Gasteiger partial charge in [0.25, 0.3) is 5.69 Å². The van der Waals surface area contributed by atoms with Crippen molar-refractivity contribution in [1.82, 2.24) is 0 Å². The number of nitro benzene ring substituents is 1. The molecule has 7 heteroatoms. The summed E-state index contributed by atoms with van der Waals surface area (Å²) in [5.41, 5.74) is 0.863. The van der Waals surface area contributed by atoms with E-state index in [0.717, 1.165) is 0 Å². The molecule has 0 radical (unpaired) electrons. The summed E-state index contributed by atoms with van der Waals surface area (Å²) in [7, 11) is 1.37. The number of nitrogens with one attached hydrogen (secondary N) is 1. The van der Waals surface area contributed by atoms with Crippen LogP contribution in [0.1, 0.15) is 28.9 Å². The SMILES string of the molecule is COc1ccc([C@@H](C)Nc2ccc(C=O)cc2[N+](=O)[O-])cc1F. The molecule has 1 atom stereocenters. The third-order valence-electron chi connectivity index (χ3n) is 3.40. The molecule has 0 saturated heterocycles. The number of carbonyl (C=O) groups excluding carboxylic acids is 1. The molecule has 2 rings (SSSR count). The van der Waals surface area contributed by atoms with Crippen LogP contribution in [-0.2, 0) is 0 Å². The van der Waals surface area contributed by atoms with E-state index in [4.69, 9.17) is 4.74 Å². The quantitative estimate of drug-likeness (QED) is 0.498. The Labute approximate surface area is 132 Å². The van der Waals surface area contributed by atoms with Crippen molar-refractivity contribution >= 4 is 17.7 Å². The maximum atomic E-state index is 13.8.